The first-order chi connectivity index (χ1) is 15.6. The zero-order chi connectivity index (χ0) is 22.5. The lowest BCUT2D eigenvalue weighted by atomic mass is 9.99. The molecule has 2 atom stereocenters. The Bertz CT molecular complexity index is 1130. The first kappa shape index (κ1) is 21.1. The van der Waals surface area contributed by atoms with Crippen molar-refractivity contribution in [2.24, 2.45) is 0 Å². The molecule has 7 heteroatoms. The highest BCUT2D eigenvalue weighted by Crippen LogP contribution is 2.27. The summed E-state index contributed by atoms with van der Waals surface area (Å²) in [5.74, 6) is 0.851. The van der Waals surface area contributed by atoms with Crippen molar-refractivity contribution in [3.05, 3.63) is 95.6 Å². The lowest BCUT2D eigenvalue weighted by molar-refractivity contribution is -0.596. The Morgan fingerprint density at radius 2 is 1.50 bits per heavy atom. The Hall–Kier alpha value is -4.13. The van der Waals surface area contributed by atoms with Crippen LogP contribution in [0.3, 0.4) is 0 Å². The Morgan fingerprint density at radius 3 is 2.09 bits per heavy atom. The minimum absolute atomic E-state index is 0.292. The van der Waals surface area contributed by atoms with E-state index >= 15 is 0 Å². The van der Waals surface area contributed by atoms with Gasteiger partial charge in [0, 0.05) is 16.7 Å². The van der Waals surface area contributed by atoms with Crippen LogP contribution in [-0.4, -0.2) is 43.0 Å². The number of nitrogens with one attached hydrogen (secondary N) is 2. The molecule has 162 valence electrons. The fourth-order valence-electron chi connectivity index (χ4n) is 3.65. The zero-order valence-corrected chi connectivity index (χ0v) is 17.8. The van der Waals surface area contributed by atoms with Gasteiger partial charge in [-0.3, -0.25) is 9.59 Å². The number of hydrazine groups is 1. The van der Waals surface area contributed by atoms with Crippen LogP contribution < -0.4 is 20.2 Å². The third-order valence-electron chi connectivity index (χ3n) is 5.32. The predicted molar refractivity (Wildman–Crippen MR) is 120 cm³/mol. The van der Waals surface area contributed by atoms with Crippen LogP contribution in [0.4, 0.5) is 0 Å². The maximum atomic E-state index is 12.9. The maximum absolute atomic E-state index is 12.9. The number of hydrogen-bond donors (Lipinski definition) is 2. The van der Waals surface area contributed by atoms with Crippen molar-refractivity contribution in [2.45, 2.75) is 12.1 Å². The summed E-state index contributed by atoms with van der Waals surface area (Å²) in [6.45, 7) is 0. The van der Waals surface area contributed by atoms with E-state index in [-0.39, 0.29) is 11.8 Å². The molecule has 0 aromatic heterocycles. The highest BCUT2D eigenvalue weighted by molar-refractivity contribution is 5.98. The van der Waals surface area contributed by atoms with Gasteiger partial charge >= 0.3 is 5.91 Å². The SMILES string of the molecule is COc1ccc(/C=[N+]2\NC(=O)[C@H](NC(=O)c3ccccc3)[C@H]2c2ccc(OC)cc2)cc1. The van der Waals surface area contributed by atoms with Gasteiger partial charge in [-0.05, 0) is 60.7 Å². The van der Waals surface area contributed by atoms with Crippen molar-refractivity contribution in [3.63, 3.8) is 0 Å². The second-order valence-electron chi connectivity index (χ2n) is 7.32. The van der Waals surface area contributed by atoms with E-state index in [1.165, 1.54) is 0 Å². The number of methoxy groups -OCH3 is 2. The summed E-state index contributed by atoms with van der Waals surface area (Å²) in [5, 5.41) is 2.89. The summed E-state index contributed by atoms with van der Waals surface area (Å²) in [6.07, 6.45) is 1.83. The number of carbonyl (C=O) groups excluding carboxylic acids is 2. The van der Waals surface area contributed by atoms with Crippen LogP contribution in [0.1, 0.15) is 27.5 Å². The summed E-state index contributed by atoms with van der Waals surface area (Å²) in [7, 11) is 3.21. The first-order valence-electron chi connectivity index (χ1n) is 10.2. The molecule has 32 heavy (non-hydrogen) atoms. The van der Waals surface area contributed by atoms with Crippen LogP contribution in [0.25, 0.3) is 0 Å². The summed E-state index contributed by atoms with van der Waals surface area (Å²) in [4.78, 5) is 25.7. The average Bonchev–Trinajstić information content (AvgIpc) is 3.14. The van der Waals surface area contributed by atoms with Crippen molar-refractivity contribution in [2.75, 3.05) is 14.2 Å². The Kier molecular flexibility index (Phi) is 6.17. The van der Waals surface area contributed by atoms with E-state index in [0.717, 1.165) is 16.9 Å². The monoisotopic (exact) mass is 430 g/mol. The van der Waals surface area contributed by atoms with Gasteiger partial charge in [-0.15, -0.1) is 10.1 Å². The Labute approximate surface area is 186 Å². The molecule has 1 aliphatic heterocycles. The number of hydrazone groups is 1. The topological polar surface area (TPSA) is 79.7 Å². The van der Waals surface area contributed by atoms with Crippen molar-refractivity contribution >= 4 is 18.0 Å². The standard InChI is InChI=1S/C25H23N3O4/c1-31-20-12-8-17(9-13-20)16-28-23(18-10-14-21(32-2)15-11-18)22(25(30)27-28)26-24(29)19-6-4-3-5-7-19/h3-16,22-23H,1-2H3,(H-,26,27,29,30)/p+1/b28-16-/t22-,23-/m1/s1. The van der Waals surface area contributed by atoms with Crippen molar-refractivity contribution in [1.82, 2.24) is 10.7 Å². The van der Waals surface area contributed by atoms with Crippen LogP contribution in [0.2, 0.25) is 0 Å². The lowest BCUT2D eigenvalue weighted by Crippen LogP contribution is -2.42. The van der Waals surface area contributed by atoms with Gasteiger partial charge in [-0.25, -0.2) is 0 Å². The maximum Gasteiger partial charge on any atom is 0.304 e. The van der Waals surface area contributed by atoms with Crippen molar-refractivity contribution in [3.8, 4) is 11.5 Å². The van der Waals surface area contributed by atoms with Gasteiger partial charge in [0.1, 0.15) is 11.5 Å². The molecule has 2 amide bonds. The van der Waals surface area contributed by atoms with Crippen LogP contribution in [0.5, 0.6) is 11.5 Å². The highest BCUT2D eigenvalue weighted by atomic mass is 16.5. The molecule has 0 radical (unpaired) electrons. The molecule has 3 aromatic carbocycles. The second kappa shape index (κ2) is 9.34. The van der Waals surface area contributed by atoms with E-state index in [9.17, 15) is 9.59 Å². The number of amides is 2. The molecule has 0 spiro atoms. The Balaban J connectivity index is 1.69. The van der Waals surface area contributed by atoms with E-state index < -0.39 is 12.1 Å². The molecular weight excluding hydrogens is 406 g/mol. The quantitative estimate of drug-likeness (QED) is 0.590. The number of nitrogens with zero attached hydrogens (tertiary/aromatic N) is 1. The molecule has 4 rings (SSSR count). The third kappa shape index (κ3) is 4.46. The lowest BCUT2D eigenvalue weighted by Gasteiger charge is -2.15. The molecule has 0 aliphatic carbocycles. The molecule has 7 nitrogen and oxygen atoms in total. The minimum Gasteiger partial charge on any atom is -0.497 e. The molecule has 1 heterocycles. The van der Waals surface area contributed by atoms with Gasteiger partial charge in [0.15, 0.2) is 6.04 Å². The van der Waals surface area contributed by atoms with E-state index in [0.29, 0.717) is 11.3 Å². The Morgan fingerprint density at radius 1 is 0.906 bits per heavy atom. The molecule has 1 fully saturated rings. The van der Waals surface area contributed by atoms with Crippen LogP contribution >= 0.6 is 0 Å². The molecule has 1 saturated heterocycles. The number of rotatable bonds is 6. The van der Waals surface area contributed by atoms with E-state index in [2.05, 4.69) is 10.7 Å². The zero-order valence-electron chi connectivity index (χ0n) is 17.8. The van der Waals surface area contributed by atoms with E-state index in [4.69, 9.17) is 9.47 Å². The fourth-order valence-corrected chi connectivity index (χ4v) is 3.65. The number of benzene rings is 3. The summed E-state index contributed by atoms with van der Waals surface area (Å²) < 4.78 is 12.2. The molecule has 2 N–H and O–H groups in total. The third-order valence-corrected chi connectivity index (χ3v) is 5.32. The van der Waals surface area contributed by atoms with E-state index in [1.54, 1.807) is 43.2 Å². The molecule has 1 aliphatic rings. The molecule has 0 unspecified atom stereocenters. The van der Waals surface area contributed by atoms with Gasteiger partial charge in [-0.1, -0.05) is 18.2 Å². The summed E-state index contributed by atoms with van der Waals surface area (Å²) in [6, 6.07) is 22.5. The summed E-state index contributed by atoms with van der Waals surface area (Å²) in [5.41, 5.74) is 5.10. The molecular formula is C25H24N3O4+. The normalized spacial score (nSPS) is 18.8. The predicted octanol–water partition coefficient (Wildman–Crippen LogP) is 2.72. The molecule has 0 bridgehead atoms. The summed E-state index contributed by atoms with van der Waals surface area (Å²) >= 11 is 0. The van der Waals surface area contributed by atoms with Crippen LogP contribution in [0.15, 0.2) is 78.9 Å². The molecule has 0 saturated carbocycles. The van der Waals surface area contributed by atoms with Gasteiger partial charge in [0.25, 0.3) is 5.91 Å². The van der Waals surface area contributed by atoms with Gasteiger partial charge in [-0.2, -0.15) is 0 Å². The number of hydrogen-bond acceptors (Lipinski definition) is 4. The van der Waals surface area contributed by atoms with Gasteiger partial charge in [0.2, 0.25) is 12.3 Å². The smallest absolute Gasteiger partial charge is 0.304 e. The first-order valence-corrected chi connectivity index (χ1v) is 10.2. The number of carbonyl (C=O) groups is 2. The highest BCUT2D eigenvalue weighted by Gasteiger charge is 2.47. The van der Waals surface area contributed by atoms with Gasteiger partial charge < -0.3 is 14.8 Å². The van der Waals surface area contributed by atoms with Crippen LogP contribution in [-0.2, 0) is 4.79 Å². The second-order valence-corrected chi connectivity index (χ2v) is 7.32. The van der Waals surface area contributed by atoms with E-state index in [1.807, 2.05) is 60.8 Å². The fraction of sp³-hybridized carbons (Fsp3) is 0.160. The van der Waals surface area contributed by atoms with Gasteiger partial charge in [0.05, 0.1) is 14.2 Å². The molecule has 3 aromatic rings. The van der Waals surface area contributed by atoms with Crippen LogP contribution in [0, 0.1) is 0 Å². The van der Waals surface area contributed by atoms with Crippen molar-refractivity contribution < 1.29 is 23.7 Å². The minimum atomic E-state index is -0.786. The largest absolute Gasteiger partial charge is 0.497 e. The number of ether oxygens (including phenoxy) is 2. The average molecular weight is 430 g/mol. The van der Waals surface area contributed by atoms with Crippen molar-refractivity contribution in [1.29, 1.82) is 0 Å².